The highest BCUT2D eigenvalue weighted by Gasteiger charge is 2.12. The van der Waals surface area contributed by atoms with Crippen LogP contribution in [0.1, 0.15) is 28.4 Å². The Hall–Kier alpha value is -3.93. The predicted molar refractivity (Wildman–Crippen MR) is 118 cm³/mol. The zero-order chi connectivity index (χ0) is 22.4. The van der Waals surface area contributed by atoms with Crippen LogP contribution in [0, 0.1) is 13.8 Å². The van der Waals surface area contributed by atoms with Gasteiger partial charge in [-0.2, -0.15) is 0 Å². The second kappa shape index (κ2) is 9.71. The molecule has 0 saturated heterocycles. The number of aryl methyl sites for hydroxylation is 2. The number of hydrogen-bond donors (Lipinski definition) is 1. The Bertz CT molecular complexity index is 1100. The van der Waals surface area contributed by atoms with E-state index in [0.29, 0.717) is 17.0 Å². The molecule has 1 N–H and O–H groups in total. The van der Waals surface area contributed by atoms with Crippen molar-refractivity contribution in [3.8, 4) is 16.9 Å². The fraction of sp³-hybridized carbons (Fsp3) is 0.160. The Morgan fingerprint density at radius 2 is 1.45 bits per heavy atom. The SMILES string of the molecule is CC(=O)Oc1ccc(-c2ccc(C(=O)OCC(=O)Nc3ccc(C)cc3C)cc2)cc1. The Morgan fingerprint density at radius 1 is 0.839 bits per heavy atom. The van der Waals surface area contributed by atoms with Crippen molar-refractivity contribution < 1.29 is 23.9 Å². The standard InChI is InChI=1S/C25H23NO5/c1-16-4-13-23(17(2)14-16)26-24(28)15-30-25(29)21-7-5-19(6-8-21)20-9-11-22(12-10-20)31-18(3)27/h4-14H,15H2,1-3H3,(H,26,28). The molecule has 0 saturated carbocycles. The van der Waals surface area contributed by atoms with E-state index >= 15 is 0 Å². The van der Waals surface area contributed by atoms with Gasteiger partial charge in [0.25, 0.3) is 5.91 Å². The van der Waals surface area contributed by atoms with Gasteiger partial charge in [0.2, 0.25) is 0 Å². The molecule has 0 aliphatic rings. The normalized spacial score (nSPS) is 10.3. The second-order valence-corrected chi connectivity index (χ2v) is 7.14. The van der Waals surface area contributed by atoms with Gasteiger partial charge in [-0.1, -0.05) is 42.0 Å². The van der Waals surface area contributed by atoms with Crippen LogP contribution in [0.5, 0.6) is 5.75 Å². The van der Waals surface area contributed by atoms with E-state index in [1.807, 2.05) is 44.2 Å². The molecule has 6 nitrogen and oxygen atoms in total. The Labute approximate surface area is 180 Å². The quantitative estimate of drug-likeness (QED) is 0.465. The van der Waals surface area contributed by atoms with Crippen LogP contribution in [0.4, 0.5) is 5.69 Å². The average Bonchev–Trinajstić information content (AvgIpc) is 2.74. The molecule has 3 rings (SSSR count). The molecule has 0 unspecified atom stereocenters. The van der Waals surface area contributed by atoms with Gasteiger partial charge in [-0.05, 0) is 60.9 Å². The summed E-state index contributed by atoms with van der Waals surface area (Å²) < 4.78 is 10.1. The van der Waals surface area contributed by atoms with Crippen LogP contribution < -0.4 is 10.1 Å². The highest BCUT2D eigenvalue weighted by molar-refractivity contribution is 5.96. The molecule has 0 aliphatic heterocycles. The van der Waals surface area contributed by atoms with Gasteiger partial charge in [0.15, 0.2) is 6.61 Å². The minimum atomic E-state index is -0.576. The monoisotopic (exact) mass is 417 g/mol. The van der Waals surface area contributed by atoms with Crippen molar-refractivity contribution in [3.05, 3.63) is 83.4 Å². The first-order valence-electron chi connectivity index (χ1n) is 9.75. The van der Waals surface area contributed by atoms with Crippen LogP contribution in [0.25, 0.3) is 11.1 Å². The van der Waals surface area contributed by atoms with E-state index in [-0.39, 0.29) is 12.6 Å². The molecular weight excluding hydrogens is 394 g/mol. The molecule has 0 spiro atoms. The van der Waals surface area contributed by atoms with Crippen LogP contribution in [0.2, 0.25) is 0 Å². The molecule has 0 radical (unpaired) electrons. The number of rotatable bonds is 6. The summed E-state index contributed by atoms with van der Waals surface area (Å²) in [5.41, 5.74) is 4.87. The number of nitrogens with one attached hydrogen (secondary N) is 1. The molecule has 158 valence electrons. The largest absolute Gasteiger partial charge is 0.452 e. The van der Waals surface area contributed by atoms with Crippen molar-refractivity contribution in [2.24, 2.45) is 0 Å². The van der Waals surface area contributed by atoms with Crippen LogP contribution in [-0.2, 0) is 14.3 Å². The van der Waals surface area contributed by atoms with Gasteiger partial charge >= 0.3 is 11.9 Å². The summed E-state index contributed by atoms with van der Waals surface area (Å²) in [6.07, 6.45) is 0. The summed E-state index contributed by atoms with van der Waals surface area (Å²) >= 11 is 0. The fourth-order valence-corrected chi connectivity index (χ4v) is 3.03. The Balaban J connectivity index is 1.56. The van der Waals surface area contributed by atoms with E-state index in [4.69, 9.17) is 9.47 Å². The van der Waals surface area contributed by atoms with Gasteiger partial charge in [0, 0.05) is 12.6 Å². The summed E-state index contributed by atoms with van der Waals surface area (Å²) in [4.78, 5) is 35.3. The second-order valence-electron chi connectivity index (χ2n) is 7.14. The van der Waals surface area contributed by atoms with Gasteiger partial charge < -0.3 is 14.8 Å². The molecule has 0 aromatic heterocycles. The molecule has 0 heterocycles. The van der Waals surface area contributed by atoms with E-state index in [1.54, 1.807) is 36.4 Å². The first-order chi connectivity index (χ1) is 14.8. The fourth-order valence-electron chi connectivity index (χ4n) is 3.03. The Kier molecular flexibility index (Phi) is 6.82. The number of carbonyl (C=O) groups is 3. The van der Waals surface area contributed by atoms with Crippen molar-refractivity contribution in [1.29, 1.82) is 0 Å². The molecule has 0 atom stereocenters. The molecule has 0 aliphatic carbocycles. The maximum Gasteiger partial charge on any atom is 0.338 e. The van der Waals surface area contributed by atoms with Gasteiger partial charge in [0.1, 0.15) is 5.75 Å². The van der Waals surface area contributed by atoms with Gasteiger partial charge in [-0.15, -0.1) is 0 Å². The first-order valence-corrected chi connectivity index (χ1v) is 9.75. The topological polar surface area (TPSA) is 81.7 Å². The van der Waals surface area contributed by atoms with E-state index in [1.165, 1.54) is 6.92 Å². The number of ether oxygens (including phenoxy) is 2. The lowest BCUT2D eigenvalue weighted by atomic mass is 10.0. The lowest BCUT2D eigenvalue weighted by Gasteiger charge is -2.10. The van der Waals surface area contributed by atoms with Crippen LogP contribution in [-0.4, -0.2) is 24.5 Å². The van der Waals surface area contributed by atoms with Gasteiger partial charge in [-0.25, -0.2) is 4.79 Å². The lowest BCUT2D eigenvalue weighted by molar-refractivity contribution is -0.131. The molecule has 6 heteroatoms. The molecule has 3 aromatic rings. The Morgan fingerprint density at radius 3 is 2.03 bits per heavy atom. The highest BCUT2D eigenvalue weighted by atomic mass is 16.5. The van der Waals surface area contributed by atoms with Crippen molar-refractivity contribution in [2.75, 3.05) is 11.9 Å². The van der Waals surface area contributed by atoms with Crippen molar-refractivity contribution in [1.82, 2.24) is 0 Å². The summed E-state index contributed by atoms with van der Waals surface area (Å²) in [5.74, 6) is -0.883. The smallest absolute Gasteiger partial charge is 0.338 e. The minimum Gasteiger partial charge on any atom is -0.452 e. The van der Waals surface area contributed by atoms with Crippen molar-refractivity contribution in [3.63, 3.8) is 0 Å². The van der Waals surface area contributed by atoms with Gasteiger partial charge in [-0.3, -0.25) is 9.59 Å². The van der Waals surface area contributed by atoms with Crippen molar-refractivity contribution >= 4 is 23.5 Å². The lowest BCUT2D eigenvalue weighted by Crippen LogP contribution is -2.21. The van der Waals surface area contributed by atoms with E-state index < -0.39 is 11.9 Å². The zero-order valence-electron chi connectivity index (χ0n) is 17.6. The maximum atomic E-state index is 12.3. The third kappa shape index (κ3) is 6.02. The summed E-state index contributed by atoms with van der Waals surface area (Å²) in [7, 11) is 0. The summed E-state index contributed by atoms with van der Waals surface area (Å²) in [5, 5.41) is 2.74. The number of anilines is 1. The van der Waals surface area contributed by atoms with Crippen LogP contribution >= 0.6 is 0 Å². The number of carbonyl (C=O) groups excluding carboxylic acids is 3. The van der Waals surface area contributed by atoms with Gasteiger partial charge in [0.05, 0.1) is 5.56 Å². The number of amides is 1. The van der Waals surface area contributed by atoms with Crippen molar-refractivity contribution in [2.45, 2.75) is 20.8 Å². The zero-order valence-corrected chi connectivity index (χ0v) is 17.6. The van der Waals surface area contributed by atoms with E-state index in [2.05, 4.69) is 5.32 Å². The third-order valence-corrected chi connectivity index (χ3v) is 4.56. The average molecular weight is 417 g/mol. The number of hydrogen-bond acceptors (Lipinski definition) is 5. The van der Waals surface area contributed by atoms with E-state index in [0.717, 1.165) is 22.3 Å². The number of esters is 2. The third-order valence-electron chi connectivity index (χ3n) is 4.56. The predicted octanol–water partition coefficient (Wildman–Crippen LogP) is 4.69. The molecule has 1 amide bonds. The molecular formula is C25H23NO5. The molecule has 3 aromatic carbocycles. The van der Waals surface area contributed by atoms with Crippen LogP contribution in [0.15, 0.2) is 66.7 Å². The van der Waals surface area contributed by atoms with Crippen LogP contribution in [0.3, 0.4) is 0 Å². The first kappa shape index (κ1) is 21.8. The summed E-state index contributed by atoms with van der Waals surface area (Å²) in [6, 6.07) is 19.6. The maximum absolute atomic E-state index is 12.3. The number of benzene rings is 3. The molecule has 31 heavy (non-hydrogen) atoms. The molecule has 0 bridgehead atoms. The molecule has 0 fully saturated rings. The van der Waals surface area contributed by atoms with E-state index in [9.17, 15) is 14.4 Å². The summed E-state index contributed by atoms with van der Waals surface area (Å²) in [6.45, 7) is 4.86. The minimum absolute atomic E-state index is 0.347. The highest BCUT2D eigenvalue weighted by Crippen LogP contribution is 2.23.